The van der Waals surface area contributed by atoms with Gasteiger partial charge in [0.2, 0.25) is 0 Å². The first-order valence-corrected chi connectivity index (χ1v) is 9.06. The number of likely N-dealkylation sites (tertiary alicyclic amines) is 1. The van der Waals surface area contributed by atoms with Crippen LogP contribution in [-0.4, -0.2) is 28.1 Å². The third kappa shape index (κ3) is 3.87. The smallest absolute Gasteiger partial charge is 0.194 e. The number of aromatic nitrogens is 1. The van der Waals surface area contributed by atoms with Gasteiger partial charge in [-0.05, 0) is 44.7 Å². The van der Waals surface area contributed by atoms with Gasteiger partial charge in [0, 0.05) is 13.0 Å². The van der Waals surface area contributed by atoms with Crippen molar-refractivity contribution in [2.75, 3.05) is 13.1 Å². The maximum Gasteiger partial charge on any atom is 0.194 e. The number of benzene rings is 1. The first kappa shape index (κ1) is 17.2. The molecule has 1 saturated heterocycles. The molecule has 1 aliphatic rings. The van der Waals surface area contributed by atoms with Crippen LogP contribution in [0.5, 0.6) is 0 Å². The Kier molecular flexibility index (Phi) is 5.36. The normalized spacial score (nSPS) is 22.5. The third-order valence-electron chi connectivity index (χ3n) is 4.99. The van der Waals surface area contributed by atoms with Crippen molar-refractivity contribution >= 4 is 0 Å². The fourth-order valence-electron chi connectivity index (χ4n) is 3.53. The summed E-state index contributed by atoms with van der Waals surface area (Å²) in [5.74, 6) is 1.82. The number of hydrogen-bond donors (Lipinski definition) is 1. The summed E-state index contributed by atoms with van der Waals surface area (Å²) in [7, 11) is 0. The van der Waals surface area contributed by atoms with Crippen molar-refractivity contribution in [3.63, 3.8) is 0 Å². The summed E-state index contributed by atoms with van der Waals surface area (Å²) in [5.41, 5.74) is 1.33. The molecule has 130 valence electrons. The van der Waals surface area contributed by atoms with E-state index in [1.165, 1.54) is 0 Å². The first-order chi connectivity index (χ1) is 11.6. The van der Waals surface area contributed by atoms with Gasteiger partial charge in [-0.3, -0.25) is 4.90 Å². The molecular weight excluding hydrogens is 300 g/mol. The van der Waals surface area contributed by atoms with E-state index in [0.717, 1.165) is 74.6 Å². The van der Waals surface area contributed by atoms with E-state index in [0.29, 0.717) is 0 Å². The number of rotatable bonds is 5. The van der Waals surface area contributed by atoms with Crippen molar-refractivity contribution in [3.05, 3.63) is 53.2 Å². The van der Waals surface area contributed by atoms with E-state index in [9.17, 15) is 5.11 Å². The molecule has 1 unspecified atom stereocenters. The number of aliphatic hydroxyl groups is 1. The summed E-state index contributed by atoms with van der Waals surface area (Å²) in [6.45, 7) is 6.80. The molecule has 3 rings (SSSR count). The Hall–Kier alpha value is -1.65. The molecule has 0 bridgehead atoms. The second kappa shape index (κ2) is 7.49. The van der Waals surface area contributed by atoms with Gasteiger partial charge < -0.3 is 9.52 Å². The summed E-state index contributed by atoms with van der Waals surface area (Å²) in [4.78, 5) is 6.90. The molecule has 2 aromatic rings. The van der Waals surface area contributed by atoms with Crippen LogP contribution in [0.4, 0.5) is 0 Å². The molecule has 1 N–H and O–H groups in total. The van der Waals surface area contributed by atoms with E-state index in [1.54, 1.807) is 0 Å². The molecule has 0 aliphatic carbocycles. The molecule has 0 spiro atoms. The molecule has 4 nitrogen and oxygen atoms in total. The predicted octanol–water partition coefficient (Wildman–Crippen LogP) is 3.81. The Bertz CT molecular complexity index is 653. The highest BCUT2D eigenvalue weighted by atomic mass is 16.4. The van der Waals surface area contributed by atoms with Gasteiger partial charge in [-0.25, -0.2) is 4.98 Å². The van der Waals surface area contributed by atoms with Crippen molar-refractivity contribution in [3.8, 4) is 0 Å². The molecule has 1 aliphatic heterocycles. The summed E-state index contributed by atoms with van der Waals surface area (Å²) in [6.07, 6.45) is 4.50. The highest BCUT2D eigenvalue weighted by Gasteiger charge is 2.32. The summed E-state index contributed by atoms with van der Waals surface area (Å²) in [6, 6.07) is 10.1. The van der Waals surface area contributed by atoms with Crippen molar-refractivity contribution < 1.29 is 9.52 Å². The molecule has 0 amide bonds. The van der Waals surface area contributed by atoms with E-state index in [4.69, 9.17) is 4.42 Å². The lowest BCUT2D eigenvalue weighted by Crippen LogP contribution is -2.29. The zero-order chi connectivity index (χ0) is 17.0. The van der Waals surface area contributed by atoms with Crippen LogP contribution < -0.4 is 0 Å². The quantitative estimate of drug-likeness (QED) is 0.907. The van der Waals surface area contributed by atoms with Gasteiger partial charge in [0.15, 0.2) is 5.89 Å². The van der Waals surface area contributed by atoms with Crippen LogP contribution in [0.2, 0.25) is 0 Å². The molecule has 24 heavy (non-hydrogen) atoms. The second-order valence-corrected chi connectivity index (χ2v) is 6.89. The van der Waals surface area contributed by atoms with Crippen LogP contribution in [0.3, 0.4) is 0 Å². The largest absolute Gasteiger partial charge is 0.444 e. The average molecular weight is 328 g/mol. The lowest BCUT2D eigenvalue weighted by Gasteiger charge is -2.27. The topological polar surface area (TPSA) is 49.5 Å². The monoisotopic (exact) mass is 328 g/mol. The molecule has 1 aromatic carbocycles. The minimum atomic E-state index is -0.708. The minimum Gasteiger partial charge on any atom is -0.444 e. The van der Waals surface area contributed by atoms with Crippen LogP contribution in [0.25, 0.3) is 0 Å². The van der Waals surface area contributed by atoms with Crippen LogP contribution in [0.15, 0.2) is 34.7 Å². The van der Waals surface area contributed by atoms with Gasteiger partial charge in [0.1, 0.15) is 5.76 Å². The first-order valence-electron chi connectivity index (χ1n) is 9.06. The van der Waals surface area contributed by atoms with Gasteiger partial charge in [-0.15, -0.1) is 0 Å². The zero-order valence-corrected chi connectivity index (χ0v) is 14.8. The number of oxazole rings is 1. The maximum absolute atomic E-state index is 11.1. The fourth-order valence-corrected chi connectivity index (χ4v) is 3.53. The van der Waals surface area contributed by atoms with Gasteiger partial charge >= 0.3 is 0 Å². The van der Waals surface area contributed by atoms with E-state index in [-0.39, 0.29) is 0 Å². The maximum atomic E-state index is 11.1. The lowest BCUT2D eigenvalue weighted by atomic mass is 9.87. The molecule has 0 saturated carbocycles. The van der Waals surface area contributed by atoms with Crippen molar-refractivity contribution in [1.82, 2.24) is 9.88 Å². The Morgan fingerprint density at radius 3 is 2.75 bits per heavy atom. The van der Waals surface area contributed by atoms with Crippen LogP contribution >= 0.6 is 0 Å². The minimum absolute atomic E-state index is 0.708. The Morgan fingerprint density at radius 1 is 1.21 bits per heavy atom. The SMILES string of the molecule is CCCc1nc(C)c(CN2CCCC(O)(c3ccccc3)CC2)o1. The summed E-state index contributed by atoms with van der Waals surface area (Å²) >= 11 is 0. The standard InChI is InChI=1S/C20H28N2O2/c1-3-8-19-21-16(2)18(24-19)15-22-13-7-11-20(23,12-14-22)17-9-5-4-6-10-17/h4-6,9-10,23H,3,7-8,11-15H2,1-2H3. The highest BCUT2D eigenvalue weighted by Crippen LogP contribution is 2.33. The van der Waals surface area contributed by atoms with Crippen molar-refractivity contribution in [1.29, 1.82) is 0 Å². The van der Waals surface area contributed by atoms with Crippen molar-refractivity contribution in [2.24, 2.45) is 0 Å². The fraction of sp³-hybridized carbons (Fsp3) is 0.550. The molecule has 0 radical (unpaired) electrons. The number of hydrogen-bond acceptors (Lipinski definition) is 4. The van der Waals surface area contributed by atoms with Crippen molar-refractivity contribution in [2.45, 2.75) is 58.1 Å². The van der Waals surface area contributed by atoms with E-state index in [1.807, 2.05) is 37.3 Å². The predicted molar refractivity (Wildman–Crippen MR) is 94.7 cm³/mol. The van der Waals surface area contributed by atoms with Gasteiger partial charge in [-0.1, -0.05) is 37.3 Å². The summed E-state index contributed by atoms with van der Waals surface area (Å²) < 4.78 is 5.92. The Balaban J connectivity index is 1.66. The van der Waals surface area contributed by atoms with Crippen LogP contribution in [0.1, 0.15) is 55.5 Å². The molecule has 4 heteroatoms. The lowest BCUT2D eigenvalue weighted by molar-refractivity contribution is 0.0208. The molecular formula is C20H28N2O2. The van der Waals surface area contributed by atoms with E-state index < -0.39 is 5.60 Å². The summed E-state index contributed by atoms with van der Waals surface area (Å²) in [5, 5.41) is 11.1. The molecule has 2 heterocycles. The third-order valence-corrected chi connectivity index (χ3v) is 4.99. The highest BCUT2D eigenvalue weighted by molar-refractivity contribution is 5.22. The average Bonchev–Trinajstić information content (AvgIpc) is 2.81. The van der Waals surface area contributed by atoms with Gasteiger partial charge in [-0.2, -0.15) is 0 Å². The van der Waals surface area contributed by atoms with Gasteiger partial charge in [0.25, 0.3) is 0 Å². The number of nitrogens with zero attached hydrogens (tertiary/aromatic N) is 2. The molecule has 1 aromatic heterocycles. The van der Waals surface area contributed by atoms with Gasteiger partial charge in [0.05, 0.1) is 17.8 Å². The molecule has 1 fully saturated rings. The Labute approximate surface area is 144 Å². The van der Waals surface area contributed by atoms with E-state index in [2.05, 4.69) is 16.8 Å². The van der Waals surface area contributed by atoms with E-state index >= 15 is 0 Å². The van der Waals surface area contributed by atoms with Crippen LogP contribution in [-0.2, 0) is 18.6 Å². The Morgan fingerprint density at radius 2 is 2.00 bits per heavy atom. The molecule has 1 atom stereocenters. The van der Waals surface area contributed by atoms with Crippen LogP contribution in [0, 0.1) is 6.92 Å². The second-order valence-electron chi connectivity index (χ2n) is 6.89. The zero-order valence-electron chi connectivity index (χ0n) is 14.8. The number of aryl methyl sites for hydroxylation is 2.